The van der Waals surface area contributed by atoms with E-state index in [0.29, 0.717) is 24.5 Å². The van der Waals surface area contributed by atoms with Gasteiger partial charge in [-0.15, -0.1) is 10.2 Å². The first-order valence-corrected chi connectivity index (χ1v) is 6.87. The second kappa shape index (κ2) is 7.32. The Hall–Kier alpha value is -2.51. The smallest absolute Gasteiger partial charge is 0.271 e. The van der Waals surface area contributed by atoms with E-state index in [1.807, 2.05) is 11.6 Å². The van der Waals surface area contributed by atoms with E-state index in [-0.39, 0.29) is 5.91 Å². The van der Waals surface area contributed by atoms with Crippen molar-refractivity contribution in [2.24, 2.45) is 7.05 Å². The molecule has 8 nitrogen and oxygen atoms in total. The maximum absolute atomic E-state index is 11.9. The van der Waals surface area contributed by atoms with E-state index in [9.17, 15) is 4.79 Å². The van der Waals surface area contributed by atoms with Crippen LogP contribution < -0.4 is 10.6 Å². The van der Waals surface area contributed by atoms with Gasteiger partial charge in [0.2, 0.25) is 0 Å². The summed E-state index contributed by atoms with van der Waals surface area (Å²) in [6, 6.07) is 0. The molecule has 0 aliphatic rings. The second-order valence-corrected chi connectivity index (χ2v) is 4.58. The van der Waals surface area contributed by atoms with Crippen molar-refractivity contribution < 1.29 is 4.79 Å². The van der Waals surface area contributed by atoms with Gasteiger partial charge in [0.15, 0.2) is 0 Å². The van der Waals surface area contributed by atoms with E-state index in [2.05, 4.69) is 37.7 Å². The van der Waals surface area contributed by atoms with Gasteiger partial charge in [0.1, 0.15) is 23.7 Å². The van der Waals surface area contributed by atoms with Gasteiger partial charge in [-0.3, -0.25) is 4.79 Å². The molecule has 2 aromatic rings. The van der Waals surface area contributed by atoms with E-state index >= 15 is 0 Å². The molecule has 2 heterocycles. The predicted octanol–water partition coefficient (Wildman–Crippen LogP) is 0.399. The lowest BCUT2D eigenvalue weighted by Gasteiger charge is -2.06. The summed E-state index contributed by atoms with van der Waals surface area (Å²) in [6.07, 6.45) is 6.28. The molecule has 0 saturated carbocycles. The van der Waals surface area contributed by atoms with Crippen molar-refractivity contribution in [1.82, 2.24) is 30.0 Å². The molecule has 2 rings (SSSR count). The Balaban J connectivity index is 1.81. The first kappa shape index (κ1) is 14.9. The van der Waals surface area contributed by atoms with Crippen LogP contribution in [-0.4, -0.2) is 43.7 Å². The van der Waals surface area contributed by atoms with Crippen molar-refractivity contribution in [3.8, 4) is 0 Å². The zero-order valence-electron chi connectivity index (χ0n) is 12.2. The number of aromatic nitrogens is 5. The van der Waals surface area contributed by atoms with Crippen molar-refractivity contribution in [3.63, 3.8) is 0 Å². The molecule has 0 atom stereocenters. The summed E-state index contributed by atoms with van der Waals surface area (Å²) < 4.78 is 1.82. The average Bonchev–Trinajstić information content (AvgIpc) is 2.91. The van der Waals surface area contributed by atoms with Crippen LogP contribution in [0.1, 0.15) is 29.7 Å². The topological polar surface area (TPSA) is 97.6 Å². The molecule has 0 fully saturated rings. The molecule has 0 saturated heterocycles. The van der Waals surface area contributed by atoms with E-state index in [1.54, 1.807) is 12.5 Å². The number of hydrogen-bond donors (Lipinski definition) is 2. The van der Waals surface area contributed by atoms with Crippen molar-refractivity contribution in [1.29, 1.82) is 0 Å². The number of anilines is 1. The Labute approximate surface area is 123 Å². The minimum atomic E-state index is -0.244. The summed E-state index contributed by atoms with van der Waals surface area (Å²) in [5.74, 6) is 1.25. The molecule has 0 bridgehead atoms. The molecule has 112 valence electrons. The standard InChI is InChI=1S/C13H19N7O/c1-3-5-14-11-8-16-10(7-17-11)13(21)15-6-4-12-19-18-9-20(12)2/h7-9H,3-6H2,1-2H3,(H,14,17)(H,15,21). The molecule has 2 aromatic heterocycles. The van der Waals surface area contributed by atoms with Gasteiger partial charge in [-0.05, 0) is 6.42 Å². The second-order valence-electron chi connectivity index (χ2n) is 4.58. The van der Waals surface area contributed by atoms with Gasteiger partial charge in [-0.25, -0.2) is 9.97 Å². The molecular weight excluding hydrogens is 270 g/mol. The number of rotatable bonds is 7. The molecule has 2 N–H and O–H groups in total. The van der Waals surface area contributed by atoms with Gasteiger partial charge in [0.05, 0.1) is 12.4 Å². The highest BCUT2D eigenvalue weighted by atomic mass is 16.1. The molecule has 0 radical (unpaired) electrons. The molecule has 0 aromatic carbocycles. The fourth-order valence-electron chi connectivity index (χ4n) is 1.70. The predicted molar refractivity (Wildman–Crippen MR) is 77.9 cm³/mol. The first-order chi connectivity index (χ1) is 10.2. The average molecular weight is 289 g/mol. The van der Waals surface area contributed by atoms with Gasteiger partial charge in [-0.2, -0.15) is 0 Å². The van der Waals surface area contributed by atoms with Gasteiger partial charge in [0.25, 0.3) is 5.91 Å². The normalized spacial score (nSPS) is 10.4. The molecule has 0 unspecified atom stereocenters. The van der Waals surface area contributed by atoms with Crippen LogP contribution in [-0.2, 0) is 13.5 Å². The van der Waals surface area contributed by atoms with Gasteiger partial charge in [0, 0.05) is 26.6 Å². The lowest BCUT2D eigenvalue weighted by Crippen LogP contribution is -2.27. The quantitative estimate of drug-likeness (QED) is 0.765. The number of nitrogens with zero attached hydrogens (tertiary/aromatic N) is 5. The van der Waals surface area contributed by atoms with Crippen LogP contribution in [0.5, 0.6) is 0 Å². The number of carbonyl (C=O) groups excluding carboxylic acids is 1. The maximum atomic E-state index is 11.9. The molecule has 0 aliphatic heterocycles. The van der Waals surface area contributed by atoms with Crippen molar-refractivity contribution in [2.75, 3.05) is 18.4 Å². The van der Waals surface area contributed by atoms with E-state index in [0.717, 1.165) is 18.8 Å². The van der Waals surface area contributed by atoms with Crippen LogP contribution in [0, 0.1) is 0 Å². The number of nitrogens with one attached hydrogen (secondary N) is 2. The van der Waals surface area contributed by atoms with Crippen LogP contribution >= 0.6 is 0 Å². The van der Waals surface area contributed by atoms with Gasteiger partial charge >= 0.3 is 0 Å². The third-order valence-corrected chi connectivity index (χ3v) is 2.88. The van der Waals surface area contributed by atoms with Crippen LogP contribution in [0.15, 0.2) is 18.7 Å². The van der Waals surface area contributed by atoms with Crippen LogP contribution in [0.3, 0.4) is 0 Å². The molecule has 21 heavy (non-hydrogen) atoms. The minimum Gasteiger partial charge on any atom is -0.369 e. The first-order valence-electron chi connectivity index (χ1n) is 6.87. The maximum Gasteiger partial charge on any atom is 0.271 e. The highest BCUT2D eigenvalue weighted by Crippen LogP contribution is 2.01. The summed E-state index contributed by atoms with van der Waals surface area (Å²) in [6.45, 7) is 3.38. The Kier molecular flexibility index (Phi) is 5.19. The lowest BCUT2D eigenvalue weighted by molar-refractivity contribution is 0.0948. The monoisotopic (exact) mass is 289 g/mol. The zero-order chi connectivity index (χ0) is 15.1. The van der Waals surface area contributed by atoms with Crippen LogP contribution in [0.2, 0.25) is 0 Å². The molecular formula is C13H19N7O. The number of amides is 1. The third kappa shape index (κ3) is 4.23. The fraction of sp³-hybridized carbons (Fsp3) is 0.462. The molecule has 0 spiro atoms. The third-order valence-electron chi connectivity index (χ3n) is 2.88. The van der Waals surface area contributed by atoms with Crippen LogP contribution in [0.4, 0.5) is 5.82 Å². The zero-order valence-corrected chi connectivity index (χ0v) is 12.2. The van der Waals surface area contributed by atoms with E-state index < -0.39 is 0 Å². The van der Waals surface area contributed by atoms with Crippen molar-refractivity contribution >= 4 is 11.7 Å². The summed E-state index contributed by atoms with van der Waals surface area (Å²) >= 11 is 0. The summed E-state index contributed by atoms with van der Waals surface area (Å²) in [5.41, 5.74) is 0.301. The molecule has 0 aliphatic carbocycles. The lowest BCUT2D eigenvalue weighted by atomic mass is 10.3. The Bertz CT molecular complexity index is 578. The molecule has 8 heteroatoms. The van der Waals surface area contributed by atoms with Gasteiger partial charge < -0.3 is 15.2 Å². The highest BCUT2D eigenvalue weighted by Gasteiger charge is 2.08. The Morgan fingerprint density at radius 3 is 2.76 bits per heavy atom. The van der Waals surface area contributed by atoms with E-state index in [1.165, 1.54) is 6.20 Å². The van der Waals surface area contributed by atoms with Crippen LogP contribution in [0.25, 0.3) is 0 Å². The Morgan fingerprint density at radius 2 is 2.14 bits per heavy atom. The summed E-state index contributed by atoms with van der Waals surface area (Å²) in [7, 11) is 1.87. The van der Waals surface area contributed by atoms with E-state index in [4.69, 9.17) is 0 Å². The largest absolute Gasteiger partial charge is 0.369 e. The SMILES string of the molecule is CCCNc1cnc(C(=O)NCCc2nncn2C)cn1. The highest BCUT2D eigenvalue weighted by molar-refractivity contribution is 5.91. The van der Waals surface area contributed by atoms with Crippen molar-refractivity contribution in [3.05, 3.63) is 30.2 Å². The van der Waals surface area contributed by atoms with Crippen molar-refractivity contribution in [2.45, 2.75) is 19.8 Å². The minimum absolute atomic E-state index is 0.244. The number of carbonyl (C=O) groups is 1. The summed E-state index contributed by atoms with van der Waals surface area (Å²) in [5, 5.41) is 13.6. The molecule has 1 amide bonds. The Morgan fingerprint density at radius 1 is 1.29 bits per heavy atom. The summed E-state index contributed by atoms with van der Waals surface area (Å²) in [4.78, 5) is 20.1. The fourth-order valence-corrected chi connectivity index (χ4v) is 1.70. The number of hydrogen-bond acceptors (Lipinski definition) is 6. The van der Waals surface area contributed by atoms with Gasteiger partial charge in [-0.1, -0.05) is 6.92 Å². The number of aryl methyl sites for hydroxylation is 1.